The van der Waals surface area contributed by atoms with Gasteiger partial charge < -0.3 is 28.4 Å². The van der Waals surface area contributed by atoms with Crippen LogP contribution in [0.1, 0.15) is 268 Å². The van der Waals surface area contributed by atoms with Crippen LogP contribution in [0, 0.1) is 82.9 Å². The van der Waals surface area contributed by atoms with Crippen molar-refractivity contribution in [1.29, 1.82) is 0 Å². The summed E-state index contributed by atoms with van der Waals surface area (Å²) in [6.07, 6.45) is 31.6. The number of esters is 6. The predicted octanol–water partition coefficient (Wildman–Crippen LogP) is 18.9. The van der Waals surface area contributed by atoms with Gasteiger partial charge in [0.2, 0.25) is 0 Å². The van der Waals surface area contributed by atoms with E-state index in [0.717, 1.165) is 83.1 Å². The third kappa shape index (κ3) is 24.4. The van der Waals surface area contributed by atoms with Crippen LogP contribution in [0.15, 0.2) is 147 Å². The van der Waals surface area contributed by atoms with Gasteiger partial charge in [-0.25, -0.2) is 28.8 Å². The highest BCUT2D eigenvalue weighted by molar-refractivity contribution is 5.94. The number of unbranched alkanes of at least 4 members (excludes halogenated alkanes) is 6. The molecule has 0 radical (unpaired) electrons. The van der Waals surface area contributed by atoms with E-state index in [0.29, 0.717) is 97.3 Å². The van der Waals surface area contributed by atoms with Gasteiger partial charge in [0, 0.05) is 45.5 Å². The number of carbonyl (C=O) groups excluding carboxylic acids is 6. The van der Waals surface area contributed by atoms with E-state index in [1.165, 1.54) is 103 Å². The molecule has 0 unspecified atom stereocenters. The zero-order valence-electron chi connectivity index (χ0n) is 60.1. The third-order valence-electron chi connectivity index (χ3n) is 21.1. The van der Waals surface area contributed by atoms with Gasteiger partial charge in [0.25, 0.3) is 0 Å². The van der Waals surface area contributed by atoms with Crippen molar-refractivity contribution in [3.63, 3.8) is 0 Å². The number of rotatable bonds is 28. The van der Waals surface area contributed by atoms with Gasteiger partial charge in [0.15, 0.2) is 11.2 Å². The Morgan fingerprint density at radius 1 is 0.343 bits per heavy atom. The van der Waals surface area contributed by atoms with Crippen LogP contribution in [0.5, 0.6) is 0 Å². The summed E-state index contributed by atoms with van der Waals surface area (Å²) in [5.41, 5.74) is 4.34. The molecule has 0 bridgehead atoms. The van der Waals surface area contributed by atoms with E-state index < -0.39 is 47.0 Å². The Hall–Kier alpha value is -9.36. The van der Waals surface area contributed by atoms with Crippen LogP contribution < -0.4 is 0 Å². The van der Waals surface area contributed by atoms with E-state index in [1.807, 2.05) is 72.8 Å². The average Bonchev–Trinajstić information content (AvgIpc) is 0.807. The highest BCUT2D eigenvalue weighted by atomic mass is 16.6. The Labute approximate surface area is 606 Å². The summed E-state index contributed by atoms with van der Waals surface area (Å²) >= 11 is 0. The smallest absolute Gasteiger partial charge is 0.339 e. The van der Waals surface area contributed by atoms with E-state index in [-0.39, 0.29) is 26.4 Å². The van der Waals surface area contributed by atoms with Crippen molar-refractivity contribution in [3.8, 4) is 47.4 Å². The Morgan fingerprint density at radius 2 is 0.608 bits per heavy atom. The lowest BCUT2D eigenvalue weighted by molar-refractivity contribution is -0.138. The molecule has 12 nitrogen and oxygen atoms in total. The normalized spacial score (nSPS) is 21.3. The standard InChI is InChI=1S/C90H102O12/c1-5-9-11-17-67-35-39-75(40-36-67)77-53-59-89(60-54-77,101-87(95)81-47-43-79(44-48-81)85(93)99-65-15-13-63-97-83(91)7-3)57-51-73-31-27-71(28-32-73)25-23-69-19-21-70(22-20-69)24-26-72-29-33-74(34-30-72)52-58-90(61-55-78(56-62-90)76-41-37-68(38-42-76)18-12-10-6-2)102-88(96)82-49-45-80(46-50-82)86(94)100-66-16-14-64-98-84(92)8-4/h7-8,19-22,27-34,43-50,67-68,75-78H,3-6,9-18,35-42,53-56,59-66H2,1-2H3. The molecule has 4 saturated carbocycles. The van der Waals surface area contributed by atoms with Gasteiger partial charge in [-0.3, -0.25) is 0 Å². The second kappa shape index (κ2) is 40.3. The molecule has 5 aromatic rings. The quantitative estimate of drug-likeness (QED) is 0.0154. The monoisotopic (exact) mass is 1370 g/mol. The molecular weight excluding hydrogens is 1270 g/mol. The first-order chi connectivity index (χ1) is 49.7. The van der Waals surface area contributed by atoms with Gasteiger partial charge in [-0.1, -0.05) is 140 Å². The molecule has 4 fully saturated rings. The van der Waals surface area contributed by atoms with Crippen molar-refractivity contribution in [3.05, 3.63) is 202 Å². The lowest BCUT2D eigenvalue weighted by atomic mass is 9.67. The predicted molar refractivity (Wildman–Crippen MR) is 399 cm³/mol. The minimum Gasteiger partial charge on any atom is -0.463 e. The Kier molecular flexibility index (Phi) is 30.4. The number of ether oxygens (including phenoxy) is 6. The first-order valence-corrected chi connectivity index (χ1v) is 37.7. The molecule has 12 heteroatoms. The third-order valence-corrected chi connectivity index (χ3v) is 21.1. The molecule has 5 aromatic carbocycles. The van der Waals surface area contributed by atoms with E-state index in [2.05, 4.69) is 74.4 Å². The summed E-state index contributed by atoms with van der Waals surface area (Å²) in [4.78, 5) is 76.1. The van der Waals surface area contributed by atoms with Crippen molar-refractivity contribution < 1.29 is 57.2 Å². The van der Waals surface area contributed by atoms with Gasteiger partial charge in [0.05, 0.1) is 48.7 Å². The Balaban J connectivity index is 0.799. The molecule has 0 spiro atoms. The van der Waals surface area contributed by atoms with Crippen molar-refractivity contribution in [2.45, 2.75) is 205 Å². The van der Waals surface area contributed by atoms with Crippen LogP contribution in [-0.4, -0.2) is 73.4 Å². The maximum atomic E-state index is 14.0. The number of hydrogen-bond donors (Lipinski definition) is 0. The van der Waals surface area contributed by atoms with Gasteiger partial charge in [-0.2, -0.15) is 0 Å². The van der Waals surface area contributed by atoms with Gasteiger partial charge >= 0.3 is 35.8 Å². The number of benzene rings is 5. The minimum atomic E-state index is -0.966. The molecule has 102 heavy (non-hydrogen) atoms. The molecular formula is C90H102O12. The van der Waals surface area contributed by atoms with Crippen LogP contribution in [0.2, 0.25) is 0 Å². The summed E-state index contributed by atoms with van der Waals surface area (Å²) in [5.74, 6) is 28.1. The molecule has 0 saturated heterocycles. The summed E-state index contributed by atoms with van der Waals surface area (Å²) < 4.78 is 33.7. The van der Waals surface area contributed by atoms with Crippen molar-refractivity contribution >= 4 is 35.8 Å². The van der Waals surface area contributed by atoms with Gasteiger partial charge in [-0.15, -0.1) is 0 Å². The molecule has 534 valence electrons. The van der Waals surface area contributed by atoms with Crippen LogP contribution in [0.25, 0.3) is 0 Å². The summed E-state index contributed by atoms with van der Waals surface area (Å²) in [6.45, 7) is 12.1. The molecule has 4 aliphatic carbocycles. The molecule has 9 rings (SSSR count). The Morgan fingerprint density at radius 3 is 0.892 bits per heavy atom. The zero-order chi connectivity index (χ0) is 71.8. The largest absolute Gasteiger partial charge is 0.463 e. The zero-order valence-corrected chi connectivity index (χ0v) is 60.1. The number of hydrogen-bond acceptors (Lipinski definition) is 12. The molecule has 0 amide bonds. The minimum absolute atomic E-state index is 0.169. The van der Waals surface area contributed by atoms with Crippen molar-refractivity contribution in [2.24, 2.45) is 35.5 Å². The van der Waals surface area contributed by atoms with Gasteiger partial charge in [0.1, 0.15) is 0 Å². The SMILES string of the molecule is C=CC(=O)OCCCCOC(=O)c1ccc(C(=O)OC2(C#Cc3ccc(C#Cc4ccc(C#Cc5ccc(C#CC6(OC(=O)c7ccc(C(=O)OCCCCOC(=O)C=C)cc7)CCC(C7CCC(CCCCC)CC7)CC6)cc5)cc4)cc3)CCC(C3CCC(CCCCC)CC3)CC2)cc1. The first kappa shape index (κ1) is 76.8. The molecule has 0 aromatic heterocycles. The second-order valence-electron chi connectivity index (χ2n) is 28.3. The van der Waals surface area contributed by atoms with Crippen LogP contribution in [0.3, 0.4) is 0 Å². The second-order valence-corrected chi connectivity index (χ2v) is 28.3. The summed E-state index contributed by atoms with van der Waals surface area (Å²) in [5, 5.41) is 0. The fourth-order valence-corrected chi connectivity index (χ4v) is 14.8. The summed E-state index contributed by atoms with van der Waals surface area (Å²) in [7, 11) is 0. The first-order valence-electron chi connectivity index (χ1n) is 37.7. The fourth-order valence-electron chi connectivity index (χ4n) is 14.8. The van der Waals surface area contributed by atoms with Crippen LogP contribution in [0.4, 0.5) is 0 Å². The van der Waals surface area contributed by atoms with E-state index >= 15 is 0 Å². The van der Waals surface area contributed by atoms with Crippen LogP contribution in [-0.2, 0) is 38.0 Å². The van der Waals surface area contributed by atoms with Crippen molar-refractivity contribution in [1.82, 2.24) is 0 Å². The lowest BCUT2D eigenvalue weighted by Crippen LogP contribution is -2.39. The topological polar surface area (TPSA) is 158 Å². The van der Waals surface area contributed by atoms with E-state index in [4.69, 9.17) is 28.4 Å². The summed E-state index contributed by atoms with van der Waals surface area (Å²) in [6, 6.07) is 36.2. The van der Waals surface area contributed by atoms with Crippen LogP contribution >= 0.6 is 0 Å². The highest BCUT2D eigenvalue weighted by Gasteiger charge is 2.42. The Bertz CT molecular complexity index is 3580. The lowest BCUT2D eigenvalue weighted by Gasteiger charge is -2.41. The molecule has 0 atom stereocenters. The molecule has 4 aliphatic rings. The number of carbonyl (C=O) groups is 6. The van der Waals surface area contributed by atoms with Gasteiger partial charge in [-0.05, 0) is 271 Å². The molecule has 0 N–H and O–H groups in total. The molecule has 0 heterocycles. The molecule has 0 aliphatic heterocycles. The van der Waals surface area contributed by atoms with E-state index in [1.54, 1.807) is 48.5 Å². The van der Waals surface area contributed by atoms with Crippen molar-refractivity contribution in [2.75, 3.05) is 26.4 Å². The average molecular weight is 1380 g/mol. The fraction of sp³-hybridized carbons (Fsp3) is 0.467. The highest BCUT2D eigenvalue weighted by Crippen LogP contribution is 2.46. The van der Waals surface area contributed by atoms with E-state index in [9.17, 15) is 28.8 Å². The maximum Gasteiger partial charge on any atom is 0.339 e. The maximum absolute atomic E-state index is 14.0.